The molecule has 0 atom stereocenters. The Morgan fingerprint density at radius 3 is 2.79 bits per heavy atom. The number of aromatic carboxylic acids is 1. The lowest BCUT2D eigenvalue weighted by molar-refractivity contribution is 0.0702. The van der Waals surface area contributed by atoms with Gasteiger partial charge in [0.25, 0.3) is 0 Å². The van der Waals surface area contributed by atoms with Crippen LogP contribution in [0.5, 0.6) is 0 Å². The molecule has 0 amide bonds. The van der Waals surface area contributed by atoms with E-state index in [0.29, 0.717) is 11.4 Å². The molecule has 1 aromatic carbocycles. The summed E-state index contributed by atoms with van der Waals surface area (Å²) in [6, 6.07) is 17.3. The number of carbonyl (C=O) groups is 1. The first-order valence-electron chi connectivity index (χ1n) is 7.41. The Kier molecular flexibility index (Phi) is 3.59. The largest absolute Gasteiger partial charge is 0.477 e. The fourth-order valence-electron chi connectivity index (χ4n) is 2.53. The first kappa shape index (κ1) is 14.6. The maximum Gasteiger partial charge on any atom is 0.345 e. The quantitative estimate of drug-likeness (QED) is 0.614. The standard InChI is InChI=1S/C18H13N3O2S/c22-18(23)17-8-7-16(24-17)15-9-10-21(20-15)11-13-6-5-12-3-1-2-4-14(12)19-13/h1-10H,11H2,(H,22,23). The van der Waals surface area contributed by atoms with Crippen LogP contribution in [0.1, 0.15) is 15.4 Å². The molecule has 0 radical (unpaired) electrons. The molecule has 4 aromatic rings. The van der Waals surface area contributed by atoms with Crippen LogP contribution in [0.15, 0.2) is 60.8 Å². The number of para-hydroxylation sites is 1. The van der Waals surface area contributed by atoms with Crippen molar-refractivity contribution in [2.75, 3.05) is 0 Å². The summed E-state index contributed by atoms with van der Waals surface area (Å²) in [5.41, 5.74) is 2.67. The second kappa shape index (κ2) is 5.90. The van der Waals surface area contributed by atoms with Crippen molar-refractivity contribution in [1.29, 1.82) is 0 Å². The summed E-state index contributed by atoms with van der Waals surface area (Å²) in [6.07, 6.45) is 1.88. The van der Waals surface area contributed by atoms with E-state index in [-0.39, 0.29) is 0 Å². The zero-order valence-electron chi connectivity index (χ0n) is 12.6. The number of benzene rings is 1. The molecule has 0 aliphatic carbocycles. The molecule has 24 heavy (non-hydrogen) atoms. The highest BCUT2D eigenvalue weighted by atomic mass is 32.1. The molecular weight excluding hydrogens is 322 g/mol. The minimum absolute atomic E-state index is 0.316. The van der Waals surface area contributed by atoms with E-state index in [1.807, 2.05) is 47.3 Å². The lowest BCUT2D eigenvalue weighted by Crippen LogP contribution is -2.02. The average molecular weight is 335 g/mol. The van der Waals surface area contributed by atoms with E-state index >= 15 is 0 Å². The summed E-state index contributed by atoms with van der Waals surface area (Å²) in [6.45, 7) is 0.571. The Morgan fingerprint density at radius 1 is 1.08 bits per heavy atom. The Balaban J connectivity index is 1.58. The Bertz CT molecular complexity index is 1040. The highest BCUT2D eigenvalue weighted by molar-refractivity contribution is 7.17. The molecule has 6 heteroatoms. The maximum absolute atomic E-state index is 11.0. The van der Waals surface area contributed by atoms with Gasteiger partial charge in [0.2, 0.25) is 0 Å². The number of carboxylic acids is 1. The predicted molar refractivity (Wildman–Crippen MR) is 93.3 cm³/mol. The van der Waals surface area contributed by atoms with E-state index in [0.717, 1.165) is 27.2 Å². The van der Waals surface area contributed by atoms with E-state index < -0.39 is 5.97 Å². The fraction of sp³-hybridized carbons (Fsp3) is 0.0556. The molecule has 0 saturated heterocycles. The van der Waals surface area contributed by atoms with Gasteiger partial charge in [-0.2, -0.15) is 5.10 Å². The second-order valence-corrected chi connectivity index (χ2v) is 6.45. The number of rotatable bonds is 4. The fourth-order valence-corrected chi connectivity index (χ4v) is 3.34. The van der Waals surface area contributed by atoms with Crippen LogP contribution < -0.4 is 0 Å². The average Bonchev–Trinajstić information content (AvgIpc) is 3.24. The van der Waals surface area contributed by atoms with Crippen LogP contribution in [0.3, 0.4) is 0 Å². The van der Waals surface area contributed by atoms with Gasteiger partial charge in [0.05, 0.1) is 22.6 Å². The topological polar surface area (TPSA) is 68.0 Å². The summed E-state index contributed by atoms with van der Waals surface area (Å²) in [7, 11) is 0. The summed E-state index contributed by atoms with van der Waals surface area (Å²) in [5, 5.41) is 14.6. The van der Waals surface area contributed by atoms with E-state index in [9.17, 15) is 4.79 Å². The number of hydrogen-bond donors (Lipinski definition) is 1. The number of nitrogens with zero attached hydrogens (tertiary/aromatic N) is 3. The van der Waals surface area contributed by atoms with Crippen molar-refractivity contribution >= 4 is 28.2 Å². The van der Waals surface area contributed by atoms with Crippen molar-refractivity contribution in [3.8, 4) is 10.6 Å². The van der Waals surface area contributed by atoms with Crippen molar-refractivity contribution in [2.45, 2.75) is 6.54 Å². The SMILES string of the molecule is O=C(O)c1ccc(-c2ccn(Cc3ccc4ccccc4n3)n2)s1. The summed E-state index contributed by atoms with van der Waals surface area (Å²) >= 11 is 1.22. The highest BCUT2D eigenvalue weighted by Crippen LogP contribution is 2.26. The number of carboxylic acid groups (broad SMARTS) is 1. The van der Waals surface area contributed by atoms with Gasteiger partial charge >= 0.3 is 5.97 Å². The Labute approximate surface area is 141 Å². The van der Waals surface area contributed by atoms with Crippen LogP contribution in [-0.2, 0) is 6.54 Å². The van der Waals surface area contributed by atoms with E-state index in [1.54, 1.807) is 12.1 Å². The van der Waals surface area contributed by atoms with Gasteiger partial charge in [0.1, 0.15) is 10.6 Å². The smallest absolute Gasteiger partial charge is 0.345 e. The van der Waals surface area contributed by atoms with Crippen LogP contribution in [0.4, 0.5) is 0 Å². The van der Waals surface area contributed by atoms with Crippen LogP contribution in [-0.4, -0.2) is 25.8 Å². The molecule has 0 fully saturated rings. The molecule has 3 aromatic heterocycles. The summed E-state index contributed by atoms with van der Waals surface area (Å²) in [4.78, 5) is 16.8. The number of thiophene rings is 1. The van der Waals surface area contributed by atoms with Gasteiger partial charge < -0.3 is 5.11 Å². The monoisotopic (exact) mass is 335 g/mol. The normalized spacial score (nSPS) is 11.0. The summed E-state index contributed by atoms with van der Waals surface area (Å²) in [5.74, 6) is -0.911. The molecule has 0 bridgehead atoms. The van der Waals surface area contributed by atoms with Crippen LogP contribution in [0.2, 0.25) is 0 Å². The minimum Gasteiger partial charge on any atom is -0.477 e. The van der Waals surface area contributed by atoms with Gasteiger partial charge in [-0.15, -0.1) is 11.3 Å². The second-order valence-electron chi connectivity index (χ2n) is 5.36. The van der Waals surface area contributed by atoms with Gasteiger partial charge in [0, 0.05) is 11.6 Å². The van der Waals surface area contributed by atoms with Crippen molar-refractivity contribution in [3.63, 3.8) is 0 Å². The van der Waals surface area contributed by atoms with Gasteiger partial charge in [-0.05, 0) is 30.3 Å². The summed E-state index contributed by atoms with van der Waals surface area (Å²) < 4.78 is 1.81. The molecule has 1 N–H and O–H groups in total. The zero-order valence-corrected chi connectivity index (χ0v) is 13.4. The maximum atomic E-state index is 11.0. The van der Waals surface area contributed by atoms with Gasteiger partial charge in [-0.3, -0.25) is 9.67 Å². The molecule has 118 valence electrons. The van der Waals surface area contributed by atoms with Crippen molar-refractivity contribution < 1.29 is 9.90 Å². The van der Waals surface area contributed by atoms with E-state index in [1.165, 1.54) is 11.3 Å². The van der Waals surface area contributed by atoms with Gasteiger partial charge in [-0.25, -0.2) is 4.79 Å². The highest BCUT2D eigenvalue weighted by Gasteiger charge is 2.10. The first-order valence-corrected chi connectivity index (χ1v) is 8.22. The molecule has 0 unspecified atom stereocenters. The van der Waals surface area contributed by atoms with Gasteiger partial charge in [0.15, 0.2) is 0 Å². The third kappa shape index (κ3) is 2.79. The third-order valence-corrected chi connectivity index (χ3v) is 4.79. The zero-order chi connectivity index (χ0) is 16.5. The molecule has 0 saturated carbocycles. The molecule has 5 nitrogen and oxygen atoms in total. The molecule has 4 rings (SSSR count). The van der Waals surface area contributed by atoms with Gasteiger partial charge in [-0.1, -0.05) is 24.3 Å². The first-order chi connectivity index (χ1) is 11.7. The van der Waals surface area contributed by atoms with Crippen molar-refractivity contribution in [3.05, 3.63) is 71.4 Å². The van der Waals surface area contributed by atoms with Crippen LogP contribution in [0, 0.1) is 0 Å². The molecule has 0 aliphatic heterocycles. The lowest BCUT2D eigenvalue weighted by atomic mass is 10.2. The molecule has 3 heterocycles. The van der Waals surface area contributed by atoms with E-state index in [2.05, 4.69) is 16.1 Å². The molecule has 0 aliphatic rings. The number of fused-ring (bicyclic) bond motifs is 1. The number of hydrogen-bond acceptors (Lipinski definition) is 4. The third-order valence-electron chi connectivity index (χ3n) is 3.69. The predicted octanol–water partition coefficient (Wildman–Crippen LogP) is 3.91. The van der Waals surface area contributed by atoms with Crippen LogP contribution >= 0.6 is 11.3 Å². The van der Waals surface area contributed by atoms with Crippen molar-refractivity contribution in [2.24, 2.45) is 0 Å². The molecular formula is C18H13N3O2S. The van der Waals surface area contributed by atoms with Crippen LogP contribution in [0.25, 0.3) is 21.5 Å². The Hall–Kier alpha value is -2.99. The number of pyridine rings is 1. The van der Waals surface area contributed by atoms with E-state index in [4.69, 9.17) is 5.11 Å². The minimum atomic E-state index is -0.911. The number of aromatic nitrogens is 3. The Morgan fingerprint density at radius 2 is 1.96 bits per heavy atom. The lowest BCUT2D eigenvalue weighted by Gasteiger charge is -2.03. The molecule has 0 spiro atoms. The van der Waals surface area contributed by atoms with Crippen molar-refractivity contribution in [1.82, 2.24) is 14.8 Å².